The Morgan fingerprint density at radius 1 is 1.57 bits per heavy atom. The first-order valence-electron chi connectivity index (χ1n) is 5.13. The van der Waals surface area contributed by atoms with Crippen LogP contribution in [0.5, 0.6) is 0 Å². The van der Waals surface area contributed by atoms with Gasteiger partial charge in [0.25, 0.3) is 0 Å². The third-order valence-electron chi connectivity index (χ3n) is 2.80. The summed E-state index contributed by atoms with van der Waals surface area (Å²) < 4.78 is 2.95. The van der Waals surface area contributed by atoms with Gasteiger partial charge < -0.3 is 5.32 Å². The predicted octanol–water partition coefficient (Wildman–Crippen LogP) is 1.78. The number of aromatic amines is 1. The van der Waals surface area contributed by atoms with E-state index in [1.807, 2.05) is 7.05 Å². The van der Waals surface area contributed by atoms with E-state index in [-0.39, 0.29) is 0 Å². The van der Waals surface area contributed by atoms with Crippen molar-refractivity contribution in [3.05, 3.63) is 10.6 Å². The molecule has 0 spiro atoms. The van der Waals surface area contributed by atoms with Gasteiger partial charge in [-0.25, -0.2) is 0 Å². The lowest BCUT2D eigenvalue weighted by Gasteiger charge is -2.13. The average Bonchev–Trinajstić information content (AvgIpc) is 2.76. The lowest BCUT2D eigenvalue weighted by molar-refractivity contribution is 0.485. The van der Waals surface area contributed by atoms with Gasteiger partial charge in [-0.1, -0.05) is 12.8 Å². The molecule has 1 aliphatic carbocycles. The molecular formula is C9H16N4S. The number of rotatable bonds is 3. The highest BCUT2D eigenvalue weighted by atomic mass is 32.1. The molecule has 1 aliphatic rings. The molecule has 4 nitrogen and oxygen atoms in total. The van der Waals surface area contributed by atoms with E-state index >= 15 is 0 Å². The van der Waals surface area contributed by atoms with Gasteiger partial charge in [0.1, 0.15) is 5.82 Å². The van der Waals surface area contributed by atoms with Crippen molar-refractivity contribution in [3.8, 4) is 0 Å². The molecule has 2 N–H and O–H groups in total. The molecule has 0 unspecified atom stereocenters. The normalized spacial score (nSPS) is 17.8. The Balaban J connectivity index is 2.28. The number of hydrogen-bond donors (Lipinski definition) is 2. The van der Waals surface area contributed by atoms with Crippen LogP contribution in [0, 0.1) is 4.77 Å². The maximum Gasteiger partial charge on any atom is 0.195 e. The van der Waals surface area contributed by atoms with Crippen LogP contribution in [-0.2, 0) is 6.54 Å². The minimum atomic E-state index is 0.574. The highest BCUT2D eigenvalue weighted by Crippen LogP contribution is 2.30. The molecule has 1 heterocycles. The van der Waals surface area contributed by atoms with Crippen LogP contribution in [0.4, 0.5) is 0 Å². The molecule has 5 heteroatoms. The summed E-state index contributed by atoms with van der Waals surface area (Å²) in [4.78, 5) is 0. The molecule has 78 valence electrons. The molecule has 1 fully saturated rings. The second kappa shape index (κ2) is 4.23. The molecule has 0 aliphatic heterocycles. The van der Waals surface area contributed by atoms with Crippen LogP contribution in [0.15, 0.2) is 0 Å². The molecule has 0 amide bonds. The van der Waals surface area contributed by atoms with Crippen LogP contribution >= 0.6 is 12.2 Å². The average molecular weight is 212 g/mol. The Kier molecular flexibility index (Phi) is 2.98. The highest BCUT2D eigenvalue weighted by molar-refractivity contribution is 7.71. The SMILES string of the molecule is CNCc1n[nH]c(=S)n1C1CCCC1. The molecule has 0 bridgehead atoms. The highest BCUT2D eigenvalue weighted by Gasteiger charge is 2.20. The zero-order chi connectivity index (χ0) is 9.97. The number of H-pyrrole nitrogens is 1. The van der Waals surface area contributed by atoms with Crippen molar-refractivity contribution < 1.29 is 0 Å². The third-order valence-corrected chi connectivity index (χ3v) is 3.09. The van der Waals surface area contributed by atoms with Crippen molar-refractivity contribution in [2.24, 2.45) is 0 Å². The second-order valence-electron chi connectivity index (χ2n) is 3.78. The molecule has 0 radical (unpaired) electrons. The topological polar surface area (TPSA) is 45.6 Å². The fourth-order valence-corrected chi connectivity index (χ4v) is 2.46. The van der Waals surface area contributed by atoms with Crippen LogP contribution in [0.25, 0.3) is 0 Å². The Morgan fingerprint density at radius 2 is 2.29 bits per heavy atom. The minimum absolute atomic E-state index is 0.574. The molecule has 14 heavy (non-hydrogen) atoms. The van der Waals surface area contributed by atoms with Gasteiger partial charge in [0.15, 0.2) is 4.77 Å². The van der Waals surface area contributed by atoms with Crippen LogP contribution in [0.1, 0.15) is 37.5 Å². The molecule has 0 atom stereocenters. The van der Waals surface area contributed by atoms with Crippen molar-refractivity contribution in [1.82, 2.24) is 20.1 Å². The maximum absolute atomic E-state index is 5.24. The summed E-state index contributed by atoms with van der Waals surface area (Å²) in [7, 11) is 1.93. The van der Waals surface area contributed by atoms with Gasteiger partial charge in [0, 0.05) is 6.04 Å². The Bertz CT molecular complexity index is 348. The van der Waals surface area contributed by atoms with Crippen LogP contribution in [-0.4, -0.2) is 21.8 Å². The predicted molar refractivity (Wildman–Crippen MR) is 57.7 cm³/mol. The summed E-state index contributed by atoms with van der Waals surface area (Å²) >= 11 is 5.24. The smallest absolute Gasteiger partial charge is 0.195 e. The number of nitrogens with one attached hydrogen (secondary N) is 2. The second-order valence-corrected chi connectivity index (χ2v) is 4.17. The van der Waals surface area contributed by atoms with E-state index in [2.05, 4.69) is 20.1 Å². The van der Waals surface area contributed by atoms with Gasteiger partial charge in [-0.05, 0) is 32.1 Å². The van der Waals surface area contributed by atoms with Gasteiger partial charge in [0.05, 0.1) is 6.54 Å². The molecule has 0 aromatic carbocycles. The Hall–Kier alpha value is -0.680. The standard InChI is InChI=1S/C9H16N4S/c1-10-6-8-11-12-9(14)13(8)7-4-2-3-5-7/h7,10H,2-6H2,1H3,(H,12,14). The van der Waals surface area contributed by atoms with E-state index in [4.69, 9.17) is 12.2 Å². The van der Waals surface area contributed by atoms with E-state index in [1.165, 1.54) is 25.7 Å². The lowest BCUT2D eigenvalue weighted by atomic mass is 10.2. The van der Waals surface area contributed by atoms with E-state index in [9.17, 15) is 0 Å². The molecular weight excluding hydrogens is 196 g/mol. The summed E-state index contributed by atoms with van der Waals surface area (Å²) in [6, 6.07) is 0.574. The molecule has 1 saturated carbocycles. The van der Waals surface area contributed by atoms with Gasteiger partial charge in [0.2, 0.25) is 0 Å². The van der Waals surface area contributed by atoms with Crippen LogP contribution < -0.4 is 5.32 Å². The third kappa shape index (κ3) is 1.74. The summed E-state index contributed by atoms with van der Waals surface area (Å²) in [6.07, 6.45) is 5.11. The first-order chi connectivity index (χ1) is 6.83. The summed E-state index contributed by atoms with van der Waals surface area (Å²) in [5.74, 6) is 1.03. The van der Waals surface area contributed by atoms with Crippen molar-refractivity contribution in [3.63, 3.8) is 0 Å². The first kappa shape index (κ1) is 9.86. The number of aromatic nitrogens is 3. The number of hydrogen-bond acceptors (Lipinski definition) is 3. The molecule has 1 aromatic heterocycles. The van der Waals surface area contributed by atoms with Crippen molar-refractivity contribution >= 4 is 12.2 Å². The Morgan fingerprint density at radius 3 is 2.93 bits per heavy atom. The quantitative estimate of drug-likeness (QED) is 0.751. The van der Waals surface area contributed by atoms with E-state index in [1.54, 1.807) is 0 Å². The van der Waals surface area contributed by atoms with E-state index in [0.717, 1.165) is 17.1 Å². The first-order valence-corrected chi connectivity index (χ1v) is 5.54. The fourth-order valence-electron chi connectivity index (χ4n) is 2.16. The zero-order valence-corrected chi connectivity index (χ0v) is 9.23. The van der Waals surface area contributed by atoms with E-state index < -0.39 is 0 Å². The summed E-state index contributed by atoms with van der Waals surface area (Å²) in [6.45, 7) is 0.781. The monoisotopic (exact) mass is 212 g/mol. The van der Waals surface area contributed by atoms with E-state index in [0.29, 0.717) is 6.04 Å². The molecule has 0 saturated heterocycles. The van der Waals surface area contributed by atoms with Crippen molar-refractivity contribution in [1.29, 1.82) is 0 Å². The van der Waals surface area contributed by atoms with Gasteiger partial charge in [-0.15, -0.1) is 0 Å². The van der Waals surface area contributed by atoms with Crippen LogP contribution in [0.3, 0.4) is 0 Å². The molecule has 2 rings (SSSR count). The maximum atomic E-state index is 5.24. The van der Waals surface area contributed by atoms with Crippen molar-refractivity contribution in [2.45, 2.75) is 38.3 Å². The van der Waals surface area contributed by atoms with Gasteiger partial charge >= 0.3 is 0 Å². The minimum Gasteiger partial charge on any atom is -0.313 e. The van der Waals surface area contributed by atoms with Gasteiger partial charge in [-0.3, -0.25) is 9.67 Å². The van der Waals surface area contributed by atoms with Gasteiger partial charge in [-0.2, -0.15) is 5.10 Å². The Labute approximate surface area is 88.7 Å². The van der Waals surface area contributed by atoms with Crippen molar-refractivity contribution in [2.75, 3.05) is 7.05 Å². The summed E-state index contributed by atoms with van der Waals surface area (Å²) in [5, 5.41) is 10.2. The lowest BCUT2D eigenvalue weighted by Crippen LogP contribution is -2.15. The van der Waals surface area contributed by atoms with Crippen LogP contribution in [0.2, 0.25) is 0 Å². The molecule has 1 aromatic rings. The zero-order valence-electron chi connectivity index (χ0n) is 8.42. The fraction of sp³-hybridized carbons (Fsp3) is 0.778. The largest absolute Gasteiger partial charge is 0.313 e. The summed E-state index contributed by atoms with van der Waals surface area (Å²) in [5.41, 5.74) is 0. The number of nitrogens with zero attached hydrogens (tertiary/aromatic N) is 2.